The quantitative estimate of drug-likeness (QED) is 0.593. The lowest BCUT2D eigenvalue weighted by atomic mass is 10.0. The number of rotatable bonds is 7. The third-order valence-electron chi connectivity index (χ3n) is 3.51. The Hall–Kier alpha value is -2.67. The van der Waals surface area contributed by atoms with E-state index in [-0.39, 0.29) is 19.1 Å². The average Bonchev–Trinajstić information content (AvgIpc) is 3.29. The summed E-state index contributed by atoms with van der Waals surface area (Å²) in [6, 6.07) is 9.54. The van der Waals surface area contributed by atoms with Crippen LogP contribution in [0, 0.1) is 0 Å². The predicted octanol–water partition coefficient (Wildman–Crippen LogP) is 4.04. The van der Waals surface area contributed by atoms with Gasteiger partial charge in [-0.25, -0.2) is 4.79 Å². The second kappa shape index (κ2) is 7.94. The summed E-state index contributed by atoms with van der Waals surface area (Å²) in [5.74, 6) is 1.30. The van der Waals surface area contributed by atoms with Gasteiger partial charge in [0.25, 0.3) is 5.89 Å². The van der Waals surface area contributed by atoms with Gasteiger partial charge < -0.3 is 14.0 Å². The van der Waals surface area contributed by atoms with Crippen LogP contribution in [0.2, 0.25) is 0 Å². The van der Waals surface area contributed by atoms with E-state index in [9.17, 15) is 4.79 Å². The van der Waals surface area contributed by atoms with Crippen LogP contribution in [0.25, 0.3) is 11.4 Å². The molecule has 0 unspecified atom stereocenters. The standard InChI is InChI=1S/C18H18N2O4S/c1-12(2)13-3-5-15(6-4-13)22-10-17(21)23-9-16-19-18(20-24-16)14-7-8-25-11-14/h3-8,11-12H,9-10H2,1-2H3. The van der Waals surface area contributed by atoms with E-state index in [1.807, 2.05) is 41.1 Å². The lowest BCUT2D eigenvalue weighted by Gasteiger charge is -2.08. The molecule has 6 nitrogen and oxygen atoms in total. The Kier molecular flexibility index (Phi) is 5.45. The van der Waals surface area contributed by atoms with E-state index in [2.05, 4.69) is 24.0 Å². The fourth-order valence-corrected chi connectivity index (χ4v) is 2.73. The van der Waals surface area contributed by atoms with Crippen molar-refractivity contribution in [2.45, 2.75) is 26.4 Å². The molecule has 7 heteroatoms. The molecule has 0 atom stereocenters. The van der Waals surface area contributed by atoms with Gasteiger partial charge in [-0.2, -0.15) is 16.3 Å². The van der Waals surface area contributed by atoms with Crippen LogP contribution < -0.4 is 4.74 Å². The normalized spacial score (nSPS) is 10.8. The van der Waals surface area contributed by atoms with Crippen molar-refractivity contribution in [3.63, 3.8) is 0 Å². The molecule has 0 N–H and O–H groups in total. The fraction of sp³-hybridized carbons (Fsp3) is 0.278. The van der Waals surface area contributed by atoms with Crippen LogP contribution >= 0.6 is 11.3 Å². The number of aromatic nitrogens is 2. The molecule has 0 fully saturated rings. The Morgan fingerprint density at radius 3 is 2.72 bits per heavy atom. The molecule has 130 valence electrons. The van der Waals surface area contributed by atoms with Crippen LogP contribution in [0.1, 0.15) is 31.2 Å². The van der Waals surface area contributed by atoms with E-state index in [1.165, 1.54) is 5.56 Å². The van der Waals surface area contributed by atoms with E-state index < -0.39 is 5.97 Å². The van der Waals surface area contributed by atoms with Gasteiger partial charge in [0.1, 0.15) is 5.75 Å². The summed E-state index contributed by atoms with van der Waals surface area (Å²) in [5, 5.41) is 7.69. The van der Waals surface area contributed by atoms with Crippen LogP contribution in [-0.4, -0.2) is 22.7 Å². The van der Waals surface area contributed by atoms with Gasteiger partial charge in [-0.1, -0.05) is 31.1 Å². The second-order valence-corrected chi connectivity index (χ2v) is 6.48. The van der Waals surface area contributed by atoms with Gasteiger partial charge in [0.15, 0.2) is 13.2 Å². The largest absolute Gasteiger partial charge is 0.482 e. The Morgan fingerprint density at radius 2 is 2.04 bits per heavy atom. The third kappa shape index (κ3) is 4.67. The molecule has 0 radical (unpaired) electrons. The number of benzene rings is 1. The molecule has 25 heavy (non-hydrogen) atoms. The average molecular weight is 358 g/mol. The molecule has 0 saturated heterocycles. The van der Waals surface area contributed by atoms with Crippen LogP contribution in [0.3, 0.4) is 0 Å². The van der Waals surface area contributed by atoms with Gasteiger partial charge in [0, 0.05) is 10.9 Å². The first-order valence-corrected chi connectivity index (χ1v) is 8.79. The number of carbonyl (C=O) groups excluding carboxylic acids is 1. The first-order chi connectivity index (χ1) is 12.1. The molecular formula is C18H18N2O4S. The number of nitrogens with zero attached hydrogens (tertiary/aromatic N) is 2. The fourth-order valence-electron chi connectivity index (χ4n) is 2.10. The molecule has 3 aromatic rings. The zero-order valence-corrected chi connectivity index (χ0v) is 14.8. The lowest BCUT2D eigenvalue weighted by Crippen LogP contribution is -2.14. The maximum absolute atomic E-state index is 11.8. The zero-order valence-electron chi connectivity index (χ0n) is 14.0. The Morgan fingerprint density at radius 1 is 1.24 bits per heavy atom. The summed E-state index contributed by atoms with van der Waals surface area (Å²) in [5.41, 5.74) is 2.09. The highest BCUT2D eigenvalue weighted by molar-refractivity contribution is 7.08. The van der Waals surface area contributed by atoms with Crippen LogP contribution in [0.4, 0.5) is 0 Å². The maximum atomic E-state index is 11.8. The molecule has 3 rings (SSSR count). The molecule has 1 aromatic carbocycles. The first kappa shape index (κ1) is 17.2. The molecule has 0 bridgehead atoms. The molecule has 2 aromatic heterocycles. The summed E-state index contributed by atoms with van der Waals surface area (Å²) < 4.78 is 15.6. The van der Waals surface area contributed by atoms with Gasteiger partial charge in [-0.15, -0.1) is 0 Å². The highest BCUT2D eigenvalue weighted by Crippen LogP contribution is 2.19. The van der Waals surface area contributed by atoms with Crippen molar-refractivity contribution in [2.75, 3.05) is 6.61 Å². The number of thiophene rings is 1. The smallest absolute Gasteiger partial charge is 0.344 e. The van der Waals surface area contributed by atoms with Gasteiger partial charge >= 0.3 is 5.97 Å². The van der Waals surface area contributed by atoms with E-state index in [0.717, 1.165) is 5.56 Å². The van der Waals surface area contributed by atoms with Crippen LogP contribution in [0.5, 0.6) is 5.75 Å². The first-order valence-electron chi connectivity index (χ1n) is 7.85. The number of hydrogen-bond donors (Lipinski definition) is 0. The monoisotopic (exact) mass is 358 g/mol. The summed E-state index contributed by atoms with van der Waals surface area (Å²) in [4.78, 5) is 15.9. The minimum atomic E-state index is -0.497. The molecule has 0 aliphatic carbocycles. The van der Waals surface area contributed by atoms with Crippen molar-refractivity contribution >= 4 is 17.3 Å². The summed E-state index contributed by atoms with van der Waals surface area (Å²) >= 11 is 1.55. The number of esters is 1. The third-order valence-corrected chi connectivity index (χ3v) is 4.19. The molecule has 0 spiro atoms. The van der Waals surface area contributed by atoms with E-state index in [1.54, 1.807) is 11.3 Å². The molecule has 0 aliphatic heterocycles. The number of ether oxygens (including phenoxy) is 2. The van der Waals surface area contributed by atoms with Crippen molar-refractivity contribution < 1.29 is 18.8 Å². The molecule has 0 amide bonds. The highest BCUT2D eigenvalue weighted by atomic mass is 32.1. The van der Waals surface area contributed by atoms with Gasteiger partial charge in [0.2, 0.25) is 5.82 Å². The van der Waals surface area contributed by atoms with Crippen LogP contribution in [-0.2, 0) is 16.1 Å². The summed E-state index contributed by atoms with van der Waals surface area (Å²) in [6.07, 6.45) is 0. The minimum absolute atomic E-state index is 0.0778. The Labute approximate surface area is 149 Å². The van der Waals surface area contributed by atoms with E-state index in [4.69, 9.17) is 14.0 Å². The van der Waals surface area contributed by atoms with Crippen molar-refractivity contribution in [1.82, 2.24) is 10.1 Å². The summed E-state index contributed by atoms with van der Waals surface area (Å²) in [6.45, 7) is 3.99. The van der Waals surface area contributed by atoms with E-state index >= 15 is 0 Å². The molecule has 0 aliphatic rings. The van der Waals surface area contributed by atoms with Crippen molar-refractivity contribution in [3.8, 4) is 17.1 Å². The Bertz CT molecular complexity index is 810. The second-order valence-electron chi connectivity index (χ2n) is 5.70. The van der Waals surface area contributed by atoms with Crippen molar-refractivity contribution in [1.29, 1.82) is 0 Å². The Balaban J connectivity index is 1.45. The highest BCUT2D eigenvalue weighted by Gasteiger charge is 2.12. The lowest BCUT2D eigenvalue weighted by molar-refractivity contribution is -0.148. The van der Waals surface area contributed by atoms with Gasteiger partial charge in [-0.3, -0.25) is 0 Å². The predicted molar refractivity (Wildman–Crippen MR) is 93.4 cm³/mol. The number of carbonyl (C=O) groups is 1. The van der Waals surface area contributed by atoms with Gasteiger partial charge in [-0.05, 0) is 35.1 Å². The molecular weight excluding hydrogens is 340 g/mol. The van der Waals surface area contributed by atoms with E-state index in [0.29, 0.717) is 17.5 Å². The zero-order chi connectivity index (χ0) is 17.6. The van der Waals surface area contributed by atoms with Gasteiger partial charge in [0.05, 0.1) is 0 Å². The SMILES string of the molecule is CC(C)c1ccc(OCC(=O)OCc2nc(-c3ccsc3)no2)cc1. The van der Waals surface area contributed by atoms with Crippen molar-refractivity contribution in [3.05, 3.63) is 52.5 Å². The topological polar surface area (TPSA) is 74.5 Å². The minimum Gasteiger partial charge on any atom is -0.482 e. The maximum Gasteiger partial charge on any atom is 0.344 e. The number of hydrogen-bond acceptors (Lipinski definition) is 7. The van der Waals surface area contributed by atoms with Crippen molar-refractivity contribution in [2.24, 2.45) is 0 Å². The van der Waals surface area contributed by atoms with Crippen LogP contribution in [0.15, 0.2) is 45.6 Å². The molecule has 2 heterocycles. The molecule has 0 saturated carbocycles. The summed E-state index contributed by atoms with van der Waals surface area (Å²) in [7, 11) is 0.